The summed E-state index contributed by atoms with van der Waals surface area (Å²) in [6, 6.07) is 2.13. The highest BCUT2D eigenvalue weighted by atomic mass is 16.5. The van der Waals surface area contributed by atoms with Gasteiger partial charge in [0, 0.05) is 44.4 Å². The molecule has 3 N–H and O–H groups in total. The van der Waals surface area contributed by atoms with Gasteiger partial charge in [-0.1, -0.05) is 31.6 Å². The minimum atomic E-state index is 0.0144. The van der Waals surface area contributed by atoms with Crippen LogP contribution >= 0.6 is 0 Å². The number of carbonyl (C=O) groups excluding carboxylic acids is 1. The Bertz CT molecular complexity index is 1010. The minimum absolute atomic E-state index is 0.0144. The number of hydrogen-bond acceptors (Lipinski definition) is 7. The number of hydrazone groups is 1. The third-order valence-corrected chi connectivity index (χ3v) is 6.73. The van der Waals surface area contributed by atoms with Crippen molar-refractivity contribution in [1.29, 1.82) is 0 Å². The van der Waals surface area contributed by atoms with E-state index in [2.05, 4.69) is 71.5 Å². The second-order valence-electron chi connectivity index (χ2n) is 9.56. The van der Waals surface area contributed by atoms with E-state index in [-0.39, 0.29) is 5.91 Å². The summed E-state index contributed by atoms with van der Waals surface area (Å²) in [5.41, 5.74) is 11.2. The molecule has 1 aromatic rings. The van der Waals surface area contributed by atoms with Crippen LogP contribution in [0.25, 0.3) is 6.08 Å². The number of rotatable bonds is 12. The Morgan fingerprint density at radius 2 is 2.03 bits per heavy atom. The fourth-order valence-electron chi connectivity index (χ4n) is 4.54. The van der Waals surface area contributed by atoms with Gasteiger partial charge in [0.1, 0.15) is 0 Å². The van der Waals surface area contributed by atoms with Crippen LogP contribution in [-0.4, -0.2) is 68.8 Å². The Kier molecular flexibility index (Phi) is 11.6. The lowest BCUT2D eigenvalue weighted by atomic mass is 9.99. The molecule has 1 amide bonds. The molecule has 1 aliphatic carbocycles. The van der Waals surface area contributed by atoms with Crippen LogP contribution in [0.2, 0.25) is 0 Å². The Hall–Kier alpha value is -3.26. The maximum absolute atomic E-state index is 13.0. The molecule has 0 bridgehead atoms. The molecule has 3 rings (SSSR count). The summed E-state index contributed by atoms with van der Waals surface area (Å²) in [7, 11) is 3.77. The van der Waals surface area contributed by atoms with Crippen molar-refractivity contribution in [2.75, 3.05) is 57.6 Å². The van der Waals surface area contributed by atoms with Crippen molar-refractivity contribution in [3.8, 4) is 5.75 Å². The lowest BCUT2D eigenvalue weighted by Gasteiger charge is -2.31. The van der Waals surface area contributed by atoms with E-state index in [1.165, 1.54) is 11.1 Å². The summed E-state index contributed by atoms with van der Waals surface area (Å²) in [4.78, 5) is 17.1. The van der Waals surface area contributed by atoms with Crippen LogP contribution < -0.4 is 21.0 Å². The predicted octanol–water partition coefficient (Wildman–Crippen LogP) is 4.83. The van der Waals surface area contributed by atoms with Crippen LogP contribution in [0, 0.1) is 0 Å². The van der Waals surface area contributed by atoms with Crippen LogP contribution in [0.3, 0.4) is 0 Å². The van der Waals surface area contributed by atoms with Crippen molar-refractivity contribution in [1.82, 2.24) is 15.3 Å². The van der Waals surface area contributed by atoms with Gasteiger partial charge in [-0.3, -0.25) is 10.2 Å². The van der Waals surface area contributed by atoms with Crippen LogP contribution in [0.1, 0.15) is 57.1 Å². The van der Waals surface area contributed by atoms with Gasteiger partial charge in [0.25, 0.3) is 0 Å². The highest BCUT2D eigenvalue weighted by molar-refractivity contribution is 5.94. The first-order chi connectivity index (χ1) is 18.1. The van der Waals surface area contributed by atoms with Crippen LogP contribution in [0.15, 0.2) is 41.0 Å². The van der Waals surface area contributed by atoms with Gasteiger partial charge in [0.2, 0.25) is 5.91 Å². The molecule has 0 radical (unpaired) electrons. The van der Waals surface area contributed by atoms with E-state index < -0.39 is 0 Å². The van der Waals surface area contributed by atoms with E-state index in [0.717, 1.165) is 93.9 Å². The predicted molar refractivity (Wildman–Crippen MR) is 155 cm³/mol. The molecular weight excluding hydrogens is 464 g/mol. The van der Waals surface area contributed by atoms with Gasteiger partial charge < -0.3 is 19.9 Å². The van der Waals surface area contributed by atoms with E-state index in [4.69, 9.17) is 4.74 Å². The van der Waals surface area contributed by atoms with Gasteiger partial charge in [0.05, 0.1) is 24.7 Å². The second-order valence-corrected chi connectivity index (χ2v) is 9.56. The van der Waals surface area contributed by atoms with Gasteiger partial charge >= 0.3 is 0 Å². The minimum Gasteiger partial charge on any atom is -0.494 e. The highest BCUT2D eigenvalue weighted by Gasteiger charge is 2.20. The van der Waals surface area contributed by atoms with E-state index in [1.807, 2.05) is 17.2 Å². The molecule has 0 aromatic heterocycles. The van der Waals surface area contributed by atoms with Gasteiger partial charge in [-0.15, -0.1) is 0 Å². The van der Waals surface area contributed by atoms with Crippen molar-refractivity contribution in [3.05, 3.63) is 47.1 Å². The molecule has 1 aromatic carbocycles. The van der Waals surface area contributed by atoms with Gasteiger partial charge in [-0.05, 0) is 69.4 Å². The Morgan fingerprint density at radius 3 is 2.76 bits per heavy atom. The van der Waals surface area contributed by atoms with Crippen molar-refractivity contribution in [2.45, 2.75) is 52.4 Å². The average molecular weight is 509 g/mol. The lowest BCUT2D eigenvalue weighted by molar-refractivity contribution is -0.127. The number of hydrogen-bond donors (Lipinski definition) is 3. The van der Waals surface area contributed by atoms with E-state index in [9.17, 15) is 4.79 Å². The normalized spacial score (nSPS) is 16.6. The van der Waals surface area contributed by atoms with Gasteiger partial charge in [-0.25, -0.2) is 5.53 Å². The monoisotopic (exact) mass is 508 g/mol. The Balaban J connectivity index is 1.89. The molecule has 8 heteroatoms. The SMILES string of the molecule is CCCCc1cc(NN/N=C/C2=CC=CCCC2)c(/C=C/C(=O)N2CCN(C)CC2)c(OC)c1NCC. The number of ether oxygens (including phenoxy) is 1. The molecule has 1 aliphatic heterocycles. The zero-order chi connectivity index (χ0) is 26.5. The maximum atomic E-state index is 13.0. The quantitative estimate of drug-likeness (QED) is 0.213. The summed E-state index contributed by atoms with van der Waals surface area (Å²) in [6.07, 6.45) is 18.1. The summed E-state index contributed by atoms with van der Waals surface area (Å²) < 4.78 is 5.93. The second kappa shape index (κ2) is 15.1. The number of likely N-dealkylation sites (N-methyl/N-ethyl adjacent to an activating group) is 1. The fourth-order valence-corrected chi connectivity index (χ4v) is 4.54. The molecule has 0 atom stereocenters. The highest BCUT2D eigenvalue weighted by Crippen LogP contribution is 2.39. The lowest BCUT2D eigenvalue weighted by Crippen LogP contribution is -2.46. The molecule has 8 nitrogen and oxygen atoms in total. The third-order valence-electron chi connectivity index (χ3n) is 6.73. The molecule has 0 saturated carbocycles. The molecule has 0 spiro atoms. The molecule has 0 unspecified atom stereocenters. The molecular formula is C29H44N6O2. The van der Waals surface area contributed by atoms with Crippen molar-refractivity contribution in [2.24, 2.45) is 5.10 Å². The molecule has 1 saturated heterocycles. The standard InChI is InChI=1S/C29H44N6O2/c1-5-7-14-24-21-26(32-33-31-22-23-12-10-8-9-11-13-23)25(29(37-4)28(24)30-6-2)15-16-27(36)35-19-17-34(3)18-20-35/h8,10,12,15-16,21-22,30,32-33H,5-7,9,11,13-14,17-20H2,1-4H3/b16-15+,31-22+. The first-order valence-corrected chi connectivity index (χ1v) is 13.6. The van der Waals surface area contributed by atoms with E-state index in [1.54, 1.807) is 13.2 Å². The van der Waals surface area contributed by atoms with Crippen molar-refractivity contribution < 1.29 is 9.53 Å². The van der Waals surface area contributed by atoms with Crippen LogP contribution in [0.5, 0.6) is 5.75 Å². The topological polar surface area (TPSA) is 81.2 Å². The third kappa shape index (κ3) is 8.39. The van der Waals surface area contributed by atoms with Crippen molar-refractivity contribution >= 4 is 29.6 Å². The van der Waals surface area contributed by atoms with Gasteiger partial charge in [0.15, 0.2) is 5.75 Å². The summed E-state index contributed by atoms with van der Waals surface area (Å²) in [5, 5.41) is 7.90. The van der Waals surface area contributed by atoms with E-state index >= 15 is 0 Å². The number of aryl methyl sites for hydroxylation is 1. The van der Waals surface area contributed by atoms with Gasteiger partial charge in [-0.2, -0.15) is 5.10 Å². The number of carbonyl (C=O) groups is 1. The molecule has 1 heterocycles. The average Bonchev–Trinajstić information content (AvgIpc) is 3.19. The summed E-state index contributed by atoms with van der Waals surface area (Å²) >= 11 is 0. The number of anilines is 2. The Labute approximate surface area is 222 Å². The van der Waals surface area contributed by atoms with Crippen LogP contribution in [0.4, 0.5) is 11.4 Å². The largest absolute Gasteiger partial charge is 0.494 e. The van der Waals surface area contributed by atoms with Crippen LogP contribution in [-0.2, 0) is 11.2 Å². The fraction of sp³-hybridized carbons (Fsp3) is 0.517. The number of nitrogens with one attached hydrogen (secondary N) is 3. The van der Waals surface area contributed by atoms with E-state index in [0.29, 0.717) is 0 Å². The summed E-state index contributed by atoms with van der Waals surface area (Å²) in [6.45, 7) is 8.30. The van der Waals surface area contributed by atoms with Crippen molar-refractivity contribution in [3.63, 3.8) is 0 Å². The first-order valence-electron chi connectivity index (χ1n) is 13.6. The summed E-state index contributed by atoms with van der Waals surface area (Å²) in [5.74, 6) is 0.739. The zero-order valence-corrected chi connectivity index (χ0v) is 23.0. The number of amides is 1. The molecule has 202 valence electrons. The number of nitrogens with zero attached hydrogens (tertiary/aromatic N) is 3. The maximum Gasteiger partial charge on any atom is 0.246 e. The zero-order valence-electron chi connectivity index (χ0n) is 23.0. The number of allylic oxidation sites excluding steroid dienone is 4. The number of hydrazine groups is 1. The molecule has 1 fully saturated rings. The number of unbranched alkanes of at least 4 members (excludes halogenated alkanes) is 1. The Morgan fingerprint density at radius 1 is 1.22 bits per heavy atom. The number of piperazine rings is 1. The molecule has 37 heavy (non-hydrogen) atoms. The smallest absolute Gasteiger partial charge is 0.246 e. The molecule has 2 aliphatic rings. The number of methoxy groups -OCH3 is 1. The first kappa shape index (κ1) is 28.3. The number of benzene rings is 1.